The lowest BCUT2D eigenvalue weighted by molar-refractivity contribution is 0.0935. The highest BCUT2D eigenvalue weighted by molar-refractivity contribution is 9.10. The highest BCUT2D eigenvalue weighted by Gasteiger charge is 2.16. The zero-order valence-electron chi connectivity index (χ0n) is 10.4. The molecule has 0 fully saturated rings. The number of carbonyl (C=O) groups excluding carboxylic acids is 1. The maximum absolute atomic E-state index is 13.8. The summed E-state index contributed by atoms with van der Waals surface area (Å²) in [6.07, 6.45) is 0. The summed E-state index contributed by atoms with van der Waals surface area (Å²) < 4.78 is 14.1. The number of nitrogens with one attached hydrogen (secondary N) is 1. The van der Waals surface area contributed by atoms with Gasteiger partial charge in [-0.2, -0.15) is 0 Å². The molecule has 19 heavy (non-hydrogen) atoms. The largest absolute Gasteiger partial charge is 0.345 e. The van der Waals surface area contributed by atoms with Gasteiger partial charge in [0.15, 0.2) is 0 Å². The summed E-state index contributed by atoms with van der Waals surface area (Å²) in [5.74, 6) is -0.963. The molecule has 0 saturated heterocycles. The molecular weight excluding hydrogens is 309 g/mol. The summed E-state index contributed by atoms with van der Waals surface area (Å²) >= 11 is 3.07. The van der Waals surface area contributed by atoms with Crippen LogP contribution in [-0.2, 0) is 0 Å². The van der Waals surface area contributed by atoms with Crippen molar-refractivity contribution in [3.8, 4) is 0 Å². The molecule has 0 aliphatic heterocycles. The monoisotopic (exact) mass is 321 g/mol. The minimum Gasteiger partial charge on any atom is -0.345 e. The summed E-state index contributed by atoms with van der Waals surface area (Å²) in [5.41, 5.74) is 1.02. The quantitative estimate of drug-likeness (QED) is 0.906. The van der Waals surface area contributed by atoms with Crippen molar-refractivity contribution in [1.82, 2.24) is 5.32 Å². The van der Waals surface area contributed by atoms with Gasteiger partial charge in [-0.15, -0.1) is 0 Å². The Morgan fingerprint density at radius 3 is 2.53 bits per heavy atom. The van der Waals surface area contributed by atoms with Crippen molar-refractivity contribution >= 4 is 21.8 Å². The van der Waals surface area contributed by atoms with Gasteiger partial charge in [0, 0.05) is 0 Å². The van der Waals surface area contributed by atoms with Gasteiger partial charge in [0.05, 0.1) is 16.1 Å². The van der Waals surface area contributed by atoms with Gasteiger partial charge < -0.3 is 5.32 Å². The summed E-state index contributed by atoms with van der Waals surface area (Å²) in [7, 11) is 0. The lowest BCUT2D eigenvalue weighted by Gasteiger charge is -2.14. The molecule has 2 rings (SSSR count). The summed E-state index contributed by atoms with van der Waals surface area (Å²) in [6.45, 7) is 1.86. The van der Waals surface area contributed by atoms with Crippen LogP contribution >= 0.6 is 15.9 Å². The molecule has 0 aromatic heterocycles. The van der Waals surface area contributed by atoms with E-state index in [2.05, 4.69) is 21.2 Å². The maximum Gasteiger partial charge on any atom is 0.254 e. The lowest BCUT2D eigenvalue weighted by Crippen LogP contribution is -2.27. The number of amides is 1. The third-order valence-corrected chi connectivity index (χ3v) is 3.46. The van der Waals surface area contributed by atoms with Crippen molar-refractivity contribution in [3.63, 3.8) is 0 Å². The van der Waals surface area contributed by atoms with Crippen LogP contribution in [0.25, 0.3) is 0 Å². The van der Waals surface area contributed by atoms with E-state index in [0.29, 0.717) is 0 Å². The summed E-state index contributed by atoms with van der Waals surface area (Å²) in [6, 6.07) is 14.0. The molecule has 1 N–H and O–H groups in total. The molecule has 4 heteroatoms. The number of hydrogen-bond donors (Lipinski definition) is 1. The Bertz CT molecular complexity index is 586. The van der Waals surface area contributed by atoms with Crippen LogP contribution < -0.4 is 5.32 Å². The zero-order valence-corrected chi connectivity index (χ0v) is 11.9. The number of hydrogen-bond acceptors (Lipinski definition) is 1. The molecular formula is C15H13BrFNO. The van der Waals surface area contributed by atoms with Crippen molar-refractivity contribution in [2.75, 3.05) is 0 Å². The van der Waals surface area contributed by atoms with E-state index in [1.54, 1.807) is 12.1 Å². The van der Waals surface area contributed by atoms with E-state index in [-0.39, 0.29) is 16.1 Å². The predicted octanol–water partition coefficient (Wildman–Crippen LogP) is 4.08. The Morgan fingerprint density at radius 1 is 1.16 bits per heavy atom. The number of carbonyl (C=O) groups is 1. The number of rotatable bonds is 3. The highest BCUT2D eigenvalue weighted by Crippen LogP contribution is 2.19. The van der Waals surface area contributed by atoms with Gasteiger partial charge in [0.2, 0.25) is 0 Å². The van der Waals surface area contributed by atoms with Crippen LogP contribution in [0, 0.1) is 5.82 Å². The SMILES string of the molecule is C[C@H](NC(=O)c1cccc(Br)c1F)c1ccccc1. The van der Waals surface area contributed by atoms with Crippen molar-refractivity contribution in [2.45, 2.75) is 13.0 Å². The Balaban J connectivity index is 2.16. The first-order valence-corrected chi connectivity index (χ1v) is 6.68. The Morgan fingerprint density at radius 2 is 1.84 bits per heavy atom. The standard InChI is InChI=1S/C15H13BrFNO/c1-10(11-6-3-2-4-7-11)18-15(19)12-8-5-9-13(16)14(12)17/h2-10H,1H3,(H,18,19)/t10-/m0/s1. The fourth-order valence-corrected chi connectivity index (χ4v) is 2.14. The van der Waals surface area contributed by atoms with Gasteiger partial charge in [-0.3, -0.25) is 4.79 Å². The van der Waals surface area contributed by atoms with E-state index < -0.39 is 11.7 Å². The third-order valence-electron chi connectivity index (χ3n) is 2.84. The van der Waals surface area contributed by atoms with Gasteiger partial charge in [-0.05, 0) is 40.5 Å². The lowest BCUT2D eigenvalue weighted by atomic mass is 10.1. The molecule has 0 radical (unpaired) electrons. The molecule has 2 nitrogen and oxygen atoms in total. The van der Waals surface area contributed by atoms with Crippen molar-refractivity contribution in [1.29, 1.82) is 0 Å². The minimum absolute atomic E-state index is 0.0390. The average molecular weight is 322 g/mol. The molecule has 0 spiro atoms. The Hall–Kier alpha value is -1.68. The molecule has 2 aromatic rings. The van der Waals surface area contributed by atoms with Crippen LogP contribution in [0.3, 0.4) is 0 Å². The molecule has 0 heterocycles. The first-order chi connectivity index (χ1) is 9.09. The molecule has 0 aliphatic carbocycles. The van der Waals surface area contributed by atoms with Gasteiger partial charge in [-0.25, -0.2) is 4.39 Å². The van der Waals surface area contributed by atoms with Crippen LogP contribution in [0.2, 0.25) is 0 Å². The molecule has 98 valence electrons. The van der Waals surface area contributed by atoms with Crippen LogP contribution in [0.5, 0.6) is 0 Å². The van der Waals surface area contributed by atoms with Crippen LogP contribution in [0.4, 0.5) is 4.39 Å². The molecule has 0 saturated carbocycles. The zero-order chi connectivity index (χ0) is 13.8. The Kier molecular flexibility index (Phi) is 4.32. The van der Waals surface area contributed by atoms with Crippen LogP contribution in [-0.4, -0.2) is 5.91 Å². The van der Waals surface area contributed by atoms with Crippen LogP contribution in [0.1, 0.15) is 28.9 Å². The topological polar surface area (TPSA) is 29.1 Å². The third kappa shape index (κ3) is 3.20. The molecule has 0 unspecified atom stereocenters. The van der Waals surface area contributed by atoms with Gasteiger partial charge in [-0.1, -0.05) is 36.4 Å². The van der Waals surface area contributed by atoms with E-state index in [0.717, 1.165) is 5.56 Å². The van der Waals surface area contributed by atoms with E-state index in [1.807, 2.05) is 37.3 Å². The minimum atomic E-state index is -0.541. The van der Waals surface area contributed by atoms with E-state index in [9.17, 15) is 9.18 Å². The maximum atomic E-state index is 13.8. The average Bonchev–Trinajstić information content (AvgIpc) is 2.42. The molecule has 0 bridgehead atoms. The molecule has 2 aromatic carbocycles. The first-order valence-electron chi connectivity index (χ1n) is 5.89. The van der Waals surface area contributed by atoms with Crippen LogP contribution in [0.15, 0.2) is 53.0 Å². The predicted molar refractivity (Wildman–Crippen MR) is 76.4 cm³/mol. The highest BCUT2D eigenvalue weighted by atomic mass is 79.9. The fraction of sp³-hybridized carbons (Fsp3) is 0.133. The second-order valence-electron chi connectivity index (χ2n) is 4.21. The van der Waals surface area contributed by atoms with Crippen molar-refractivity contribution in [2.24, 2.45) is 0 Å². The van der Waals surface area contributed by atoms with E-state index >= 15 is 0 Å². The smallest absolute Gasteiger partial charge is 0.254 e. The van der Waals surface area contributed by atoms with Gasteiger partial charge >= 0.3 is 0 Å². The second-order valence-corrected chi connectivity index (χ2v) is 5.06. The second kappa shape index (κ2) is 5.97. The Labute approximate surface area is 119 Å². The number of benzene rings is 2. The van der Waals surface area contributed by atoms with Gasteiger partial charge in [0.1, 0.15) is 5.82 Å². The molecule has 1 amide bonds. The molecule has 0 aliphatic rings. The van der Waals surface area contributed by atoms with E-state index in [4.69, 9.17) is 0 Å². The molecule has 1 atom stereocenters. The van der Waals surface area contributed by atoms with Crippen molar-refractivity contribution in [3.05, 3.63) is 69.9 Å². The fourth-order valence-electron chi connectivity index (χ4n) is 1.78. The van der Waals surface area contributed by atoms with E-state index in [1.165, 1.54) is 6.07 Å². The summed E-state index contributed by atoms with van der Waals surface area (Å²) in [5, 5.41) is 2.78. The summed E-state index contributed by atoms with van der Waals surface area (Å²) in [4.78, 5) is 12.0. The van der Waals surface area contributed by atoms with Crippen molar-refractivity contribution < 1.29 is 9.18 Å². The van der Waals surface area contributed by atoms with Gasteiger partial charge in [0.25, 0.3) is 5.91 Å². The normalized spacial score (nSPS) is 11.9. The number of halogens is 2. The first kappa shape index (κ1) is 13.7.